The third kappa shape index (κ3) is 3.14. The molecule has 0 saturated heterocycles. The van der Waals surface area contributed by atoms with Crippen LogP contribution in [-0.4, -0.2) is 22.1 Å². The molecule has 72 valence electrons. The minimum absolute atomic E-state index is 0.0622. The highest BCUT2D eigenvalue weighted by Crippen LogP contribution is 1.92. The van der Waals surface area contributed by atoms with E-state index in [0.29, 0.717) is 13.0 Å². The number of rotatable bonds is 4. The highest BCUT2D eigenvalue weighted by Gasteiger charge is 1.98. The smallest absolute Gasteiger partial charge is 0.219 e. The van der Waals surface area contributed by atoms with Gasteiger partial charge in [-0.05, 0) is 0 Å². The van der Waals surface area contributed by atoms with Crippen molar-refractivity contribution in [2.45, 2.75) is 19.8 Å². The summed E-state index contributed by atoms with van der Waals surface area (Å²) < 4.78 is 1.40. The van der Waals surface area contributed by atoms with E-state index in [0.717, 1.165) is 12.1 Å². The van der Waals surface area contributed by atoms with Crippen LogP contribution >= 0.6 is 0 Å². The van der Waals surface area contributed by atoms with Gasteiger partial charge in [-0.25, -0.2) is 4.98 Å². The van der Waals surface area contributed by atoms with E-state index in [1.54, 1.807) is 6.20 Å². The van der Waals surface area contributed by atoms with Crippen LogP contribution in [0.5, 0.6) is 0 Å². The SMILES string of the molecule is CCC(=O)NCCc1cn(N)cn1. The Morgan fingerprint density at radius 3 is 3.08 bits per heavy atom. The number of nitrogens with zero attached hydrogens (tertiary/aromatic N) is 2. The molecule has 0 saturated carbocycles. The average Bonchev–Trinajstić information content (AvgIpc) is 2.51. The summed E-state index contributed by atoms with van der Waals surface area (Å²) in [6.45, 7) is 2.44. The number of hydrogen-bond donors (Lipinski definition) is 2. The number of nitrogens with two attached hydrogens (primary N) is 1. The van der Waals surface area contributed by atoms with E-state index in [-0.39, 0.29) is 5.91 Å². The lowest BCUT2D eigenvalue weighted by molar-refractivity contribution is -0.120. The highest BCUT2D eigenvalue weighted by atomic mass is 16.1. The van der Waals surface area contributed by atoms with Gasteiger partial charge in [0.25, 0.3) is 0 Å². The number of imidazole rings is 1. The van der Waals surface area contributed by atoms with E-state index >= 15 is 0 Å². The molecule has 0 aromatic carbocycles. The highest BCUT2D eigenvalue weighted by molar-refractivity contribution is 5.75. The van der Waals surface area contributed by atoms with Crippen molar-refractivity contribution in [3.63, 3.8) is 0 Å². The van der Waals surface area contributed by atoms with Crippen molar-refractivity contribution < 1.29 is 4.79 Å². The molecule has 0 aliphatic rings. The van der Waals surface area contributed by atoms with E-state index < -0.39 is 0 Å². The van der Waals surface area contributed by atoms with Crippen LogP contribution in [0.3, 0.4) is 0 Å². The monoisotopic (exact) mass is 182 g/mol. The number of hydrogen-bond acceptors (Lipinski definition) is 3. The average molecular weight is 182 g/mol. The maximum absolute atomic E-state index is 10.8. The molecule has 0 aliphatic carbocycles. The molecule has 3 N–H and O–H groups in total. The fourth-order valence-corrected chi connectivity index (χ4v) is 0.964. The predicted octanol–water partition coefficient (Wildman–Crippen LogP) is -0.334. The minimum Gasteiger partial charge on any atom is -0.356 e. The Morgan fingerprint density at radius 1 is 1.77 bits per heavy atom. The number of aromatic nitrogens is 2. The molecule has 0 aliphatic heterocycles. The van der Waals surface area contributed by atoms with Gasteiger partial charge in [0.1, 0.15) is 6.33 Å². The van der Waals surface area contributed by atoms with Crippen LogP contribution in [0.4, 0.5) is 0 Å². The maximum atomic E-state index is 10.8. The molecule has 0 unspecified atom stereocenters. The van der Waals surface area contributed by atoms with Crippen molar-refractivity contribution in [1.29, 1.82) is 0 Å². The van der Waals surface area contributed by atoms with Crippen LogP contribution in [0, 0.1) is 0 Å². The summed E-state index contributed by atoms with van der Waals surface area (Å²) >= 11 is 0. The molecule has 5 heteroatoms. The van der Waals surface area contributed by atoms with E-state index in [1.807, 2.05) is 6.92 Å². The van der Waals surface area contributed by atoms with Crippen LogP contribution in [0.25, 0.3) is 0 Å². The van der Waals surface area contributed by atoms with Crippen LogP contribution in [0.2, 0.25) is 0 Å². The molecule has 1 rings (SSSR count). The van der Waals surface area contributed by atoms with Crippen molar-refractivity contribution in [1.82, 2.24) is 15.0 Å². The fraction of sp³-hybridized carbons (Fsp3) is 0.500. The first-order chi connectivity index (χ1) is 6.22. The molecule has 0 atom stereocenters. The van der Waals surface area contributed by atoms with Crippen molar-refractivity contribution >= 4 is 5.91 Å². The lowest BCUT2D eigenvalue weighted by Gasteiger charge is -2.00. The quantitative estimate of drug-likeness (QED) is 0.626. The molecular weight excluding hydrogens is 168 g/mol. The van der Waals surface area contributed by atoms with Gasteiger partial charge >= 0.3 is 0 Å². The first kappa shape index (κ1) is 9.57. The van der Waals surface area contributed by atoms with Gasteiger partial charge in [0.05, 0.1) is 5.69 Å². The Kier molecular flexibility index (Phi) is 3.31. The van der Waals surface area contributed by atoms with E-state index in [4.69, 9.17) is 5.84 Å². The standard InChI is InChI=1S/C8H14N4O/c1-2-8(13)10-4-3-7-5-12(9)6-11-7/h5-6H,2-4,9H2,1H3,(H,10,13). The number of nitrogens with one attached hydrogen (secondary N) is 1. The molecule has 1 amide bonds. The zero-order valence-electron chi connectivity index (χ0n) is 7.66. The fourth-order valence-electron chi connectivity index (χ4n) is 0.964. The van der Waals surface area contributed by atoms with E-state index in [2.05, 4.69) is 10.3 Å². The van der Waals surface area contributed by atoms with Gasteiger partial charge in [0, 0.05) is 25.6 Å². The first-order valence-corrected chi connectivity index (χ1v) is 4.27. The van der Waals surface area contributed by atoms with Gasteiger partial charge in [0.15, 0.2) is 0 Å². The summed E-state index contributed by atoms with van der Waals surface area (Å²) in [5, 5.41) is 2.76. The lowest BCUT2D eigenvalue weighted by Crippen LogP contribution is -2.24. The Hall–Kier alpha value is -1.52. The summed E-state index contributed by atoms with van der Waals surface area (Å²) in [4.78, 5) is 14.9. The number of amides is 1. The lowest BCUT2D eigenvalue weighted by atomic mass is 10.3. The third-order valence-electron chi connectivity index (χ3n) is 1.68. The molecule has 0 radical (unpaired) electrons. The topological polar surface area (TPSA) is 72.9 Å². The zero-order chi connectivity index (χ0) is 9.68. The van der Waals surface area contributed by atoms with Crippen molar-refractivity contribution in [3.8, 4) is 0 Å². The normalized spacial score (nSPS) is 9.92. The summed E-state index contributed by atoms with van der Waals surface area (Å²) in [6.07, 6.45) is 4.51. The van der Waals surface area contributed by atoms with Gasteiger partial charge in [0.2, 0.25) is 5.91 Å². The minimum atomic E-state index is 0.0622. The molecule has 0 bridgehead atoms. The second-order valence-corrected chi connectivity index (χ2v) is 2.77. The van der Waals surface area contributed by atoms with Crippen LogP contribution in [0.15, 0.2) is 12.5 Å². The number of carbonyl (C=O) groups excluding carboxylic acids is 1. The van der Waals surface area contributed by atoms with Crippen molar-refractivity contribution in [2.24, 2.45) is 0 Å². The van der Waals surface area contributed by atoms with Crippen LogP contribution in [-0.2, 0) is 11.2 Å². The second kappa shape index (κ2) is 4.49. The van der Waals surface area contributed by atoms with Gasteiger partial charge in [-0.1, -0.05) is 6.92 Å². The Labute approximate surface area is 76.9 Å². The van der Waals surface area contributed by atoms with Crippen molar-refractivity contribution in [2.75, 3.05) is 12.4 Å². The number of carbonyl (C=O) groups is 1. The Morgan fingerprint density at radius 2 is 2.54 bits per heavy atom. The molecule has 1 aromatic heterocycles. The van der Waals surface area contributed by atoms with Gasteiger partial charge in [-0.2, -0.15) is 0 Å². The predicted molar refractivity (Wildman–Crippen MR) is 49.4 cm³/mol. The third-order valence-corrected chi connectivity index (χ3v) is 1.68. The van der Waals surface area contributed by atoms with Gasteiger partial charge in [-0.15, -0.1) is 0 Å². The number of nitrogen functional groups attached to an aromatic ring is 1. The van der Waals surface area contributed by atoms with Crippen molar-refractivity contribution in [3.05, 3.63) is 18.2 Å². The summed E-state index contributed by atoms with van der Waals surface area (Å²) in [5.74, 6) is 5.47. The Balaban J connectivity index is 2.24. The molecule has 1 heterocycles. The van der Waals surface area contributed by atoms with E-state index in [1.165, 1.54) is 11.0 Å². The van der Waals surface area contributed by atoms with Gasteiger partial charge < -0.3 is 11.2 Å². The molecular formula is C8H14N4O. The first-order valence-electron chi connectivity index (χ1n) is 4.27. The zero-order valence-corrected chi connectivity index (χ0v) is 7.66. The van der Waals surface area contributed by atoms with E-state index in [9.17, 15) is 4.79 Å². The molecule has 5 nitrogen and oxygen atoms in total. The van der Waals surface area contributed by atoms with Gasteiger partial charge in [-0.3, -0.25) is 9.47 Å². The van der Waals surface area contributed by atoms with Crippen LogP contribution < -0.4 is 11.2 Å². The maximum Gasteiger partial charge on any atom is 0.219 e. The van der Waals surface area contributed by atoms with Crippen LogP contribution in [0.1, 0.15) is 19.0 Å². The second-order valence-electron chi connectivity index (χ2n) is 2.77. The summed E-state index contributed by atoms with van der Waals surface area (Å²) in [6, 6.07) is 0. The molecule has 1 aromatic rings. The molecule has 13 heavy (non-hydrogen) atoms. The summed E-state index contributed by atoms with van der Waals surface area (Å²) in [5.41, 5.74) is 0.888. The largest absolute Gasteiger partial charge is 0.356 e. The Bertz CT molecular complexity index is 281. The molecule has 0 fully saturated rings. The molecule has 0 spiro atoms. The summed E-state index contributed by atoms with van der Waals surface area (Å²) in [7, 11) is 0.